The smallest absolute Gasteiger partial charge is 0.344 e. The quantitative estimate of drug-likeness (QED) is 0.607. The zero-order valence-corrected chi connectivity index (χ0v) is 14.4. The first-order valence-corrected chi connectivity index (χ1v) is 7.97. The van der Waals surface area contributed by atoms with Crippen molar-refractivity contribution in [2.24, 2.45) is 5.92 Å². The molecule has 2 aromatic rings. The first-order valence-electron chi connectivity index (χ1n) is 7.97. The molecule has 25 heavy (non-hydrogen) atoms. The van der Waals surface area contributed by atoms with Crippen molar-refractivity contribution in [2.45, 2.75) is 26.8 Å². The van der Waals surface area contributed by atoms with Gasteiger partial charge < -0.3 is 19.2 Å². The van der Waals surface area contributed by atoms with Gasteiger partial charge in [-0.2, -0.15) is 0 Å². The highest BCUT2D eigenvalue weighted by atomic mass is 16.6. The summed E-state index contributed by atoms with van der Waals surface area (Å²) in [5.74, 6) is -0.378. The molecule has 1 heterocycles. The molecule has 1 aromatic carbocycles. The molecule has 2 rings (SSSR count). The average molecular weight is 347 g/mol. The molecule has 7 nitrogen and oxygen atoms in total. The molecule has 0 aliphatic heterocycles. The van der Waals surface area contributed by atoms with Crippen LogP contribution in [0.15, 0.2) is 39.5 Å². The predicted octanol–water partition coefficient (Wildman–Crippen LogP) is 1.88. The van der Waals surface area contributed by atoms with Gasteiger partial charge in [0.1, 0.15) is 11.3 Å². The number of ether oxygens (including phenoxy) is 2. The van der Waals surface area contributed by atoms with Gasteiger partial charge in [0.05, 0.1) is 0 Å². The zero-order chi connectivity index (χ0) is 18.4. The molecular weight excluding hydrogens is 326 g/mol. The highest BCUT2D eigenvalue weighted by Crippen LogP contribution is 2.19. The summed E-state index contributed by atoms with van der Waals surface area (Å²) in [6.07, 6.45) is 0. The molecule has 0 bridgehead atoms. The van der Waals surface area contributed by atoms with E-state index in [-0.39, 0.29) is 31.1 Å². The lowest BCUT2D eigenvalue weighted by molar-refractivity contribution is -0.150. The number of esters is 1. The molecule has 0 fully saturated rings. The van der Waals surface area contributed by atoms with Gasteiger partial charge in [-0.05, 0) is 31.0 Å². The minimum Gasteiger partial charge on any atom is -0.482 e. The van der Waals surface area contributed by atoms with Crippen molar-refractivity contribution >= 4 is 22.8 Å². The average Bonchev–Trinajstić information content (AvgIpc) is 2.57. The van der Waals surface area contributed by atoms with E-state index in [4.69, 9.17) is 13.9 Å². The molecule has 0 saturated carbocycles. The second kappa shape index (κ2) is 8.32. The Labute approximate surface area is 144 Å². The van der Waals surface area contributed by atoms with E-state index in [0.29, 0.717) is 11.3 Å². The summed E-state index contributed by atoms with van der Waals surface area (Å²) in [4.78, 5) is 34.5. The van der Waals surface area contributed by atoms with E-state index in [1.807, 2.05) is 20.8 Å². The molecule has 1 N–H and O–H groups in total. The third kappa shape index (κ3) is 5.63. The van der Waals surface area contributed by atoms with E-state index in [1.165, 1.54) is 12.1 Å². The fourth-order valence-corrected chi connectivity index (χ4v) is 1.92. The molecule has 7 heteroatoms. The lowest BCUT2D eigenvalue weighted by atomic mass is 10.1. The van der Waals surface area contributed by atoms with Crippen molar-refractivity contribution in [2.75, 3.05) is 13.2 Å². The van der Waals surface area contributed by atoms with Crippen LogP contribution in [0, 0.1) is 5.92 Å². The lowest BCUT2D eigenvalue weighted by Gasteiger charge is -2.17. The van der Waals surface area contributed by atoms with E-state index in [9.17, 15) is 14.4 Å². The van der Waals surface area contributed by atoms with Crippen LogP contribution in [-0.4, -0.2) is 31.1 Å². The van der Waals surface area contributed by atoms with Gasteiger partial charge in [0.15, 0.2) is 13.2 Å². The SMILES string of the molecule is CC(C)C(C)NC(=O)COC(=O)COc1ccc2ccc(=O)oc2c1. The Kier molecular flexibility index (Phi) is 6.16. The normalized spacial score (nSPS) is 12.0. The van der Waals surface area contributed by atoms with E-state index in [0.717, 1.165) is 5.39 Å². The second-order valence-electron chi connectivity index (χ2n) is 6.00. The van der Waals surface area contributed by atoms with Crippen molar-refractivity contribution < 1.29 is 23.5 Å². The number of nitrogens with one attached hydrogen (secondary N) is 1. The molecule has 134 valence electrons. The highest BCUT2D eigenvalue weighted by molar-refractivity contribution is 5.81. The summed E-state index contributed by atoms with van der Waals surface area (Å²) in [6.45, 7) is 5.14. The van der Waals surface area contributed by atoms with Gasteiger partial charge in [0.2, 0.25) is 0 Å². The standard InChI is InChI=1S/C18H21NO6/c1-11(2)12(3)19-16(20)9-24-18(22)10-23-14-6-4-13-5-7-17(21)25-15(13)8-14/h4-8,11-12H,9-10H2,1-3H3,(H,19,20). The Morgan fingerprint density at radius 2 is 1.84 bits per heavy atom. The zero-order valence-electron chi connectivity index (χ0n) is 14.4. The lowest BCUT2D eigenvalue weighted by Crippen LogP contribution is -2.39. The van der Waals surface area contributed by atoms with Gasteiger partial charge >= 0.3 is 11.6 Å². The number of amides is 1. The van der Waals surface area contributed by atoms with Crippen LogP contribution >= 0.6 is 0 Å². The highest BCUT2D eigenvalue weighted by Gasteiger charge is 2.13. The topological polar surface area (TPSA) is 94.8 Å². The van der Waals surface area contributed by atoms with Crippen LogP contribution in [0.4, 0.5) is 0 Å². The van der Waals surface area contributed by atoms with Gasteiger partial charge in [-0.25, -0.2) is 9.59 Å². The molecule has 1 unspecified atom stereocenters. The number of carbonyl (C=O) groups is 2. The maximum Gasteiger partial charge on any atom is 0.344 e. The van der Waals surface area contributed by atoms with Crippen LogP contribution in [-0.2, 0) is 14.3 Å². The van der Waals surface area contributed by atoms with Gasteiger partial charge in [-0.1, -0.05) is 13.8 Å². The second-order valence-corrected chi connectivity index (χ2v) is 6.00. The molecule has 1 aromatic heterocycles. The summed E-state index contributed by atoms with van der Waals surface area (Å²) in [5, 5.41) is 3.48. The van der Waals surface area contributed by atoms with Gasteiger partial charge in [0.25, 0.3) is 5.91 Å². The maximum atomic E-state index is 11.7. The summed E-state index contributed by atoms with van der Waals surface area (Å²) in [5.41, 5.74) is -0.105. The number of benzene rings is 1. The van der Waals surface area contributed by atoms with Gasteiger partial charge in [-0.15, -0.1) is 0 Å². The van der Waals surface area contributed by atoms with Crippen molar-refractivity contribution in [3.8, 4) is 5.75 Å². The number of fused-ring (bicyclic) bond motifs is 1. The van der Waals surface area contributed by atoms with Crippen LogP contribution in [0.3, 0.4) is 0 Å². The Hall–Kier alpha value is -2.83. The largest absolute Gasteiger partial charge is 0.482 e. The fourth-order valence-electron chi connectivity index (χ4n) is 1.92. The molecule has 1 amide bonds. The van der Waals surface area contributed by atoms with Crippen molar-refractivity contribution in [3.05, 3.63) is 40.8 Å². The summed E-state index contributed by atoms with van der Waals surface area (Å²) >= 11 is 0. The Morgan fingerprint density at radius 1 is 1.12 bits per heavy atom. The first-order chi connectivity index (χ1) is 11.8. The molecule has 1 atom stereocenters. The summed E-state index contributed by atoms with van der Waals surface area (Å²) in [7, 11) is 0. The van der Waals surface area contributed by atoms with Gasteiger partial charge in [0, 0.05) is 23.6 Å². The third-order valence-corrected chi connectivity index (χ3v) is 3.70. The van der Waals surface area contributed by atoms with Gasteiger partial charge in [-0.3, -0.25) is 4.79 Å². The number of rotatable bonds is 7. The fraction of sp³-hybridized carbons (Fsp3) is 0.389. The third-order valence-electron chi connectivity index (χ3n) is 3.70. The van der Waals surface area contributed by atoms with Crippen LogP contribution in [0.5, 0.6) is 5.75 Å². The van der Waals surface area contributed by atoms with Crippen LogP contribution < -0.4 is 15.7 Å². The molecular formula is C18H21NO6. The Bertz CT molecular complexity index is 811. The van der Waals surface area contributed by atoms with Crippen molar-refractivity contribution in [1.29, 1.82) is 0 Å². The summed E-state index contributed by atoms with van der Waals surface area (Å²) in [6, 6.07) is 7.82. The molecule has 0 spiro atoms. The van der Waals surface area contributed by atoms with Crippen LogP contribution in [0.2, 0.25) is 0 Å². The molecule has 0 radical (unpaired) electrons. The monoisotopic (exact) mass is 347 g/mol. The maximum absolute atomic E-state index is 11.7. The minimum absolute atomic E-state index is 0.00490. The van der Waals surface area contributed by atoms with Crippen molar-refractivity contribution in [1.82, 2.24) is 5.32 Å². The van der Waals surface area contributed by atoms with Crippen LogP contribution in [0.25, 0.3) is 11.0 Å². The molecule has 0 aliphatic carbocycles. The number of carbonyl (C=O) groups excluding carboxylic acids is 2. The van der Waals surface area contributed by atoms with Crippen LogP contribution in [0.1, 0.15) is 20.8 Å². The minimum atomic E-state index is -0.665. The van der Waals surface area contributed by atoms with E-state index >= 15 is 0 Å². The van der Waals surface area contributed by atoms with E-state index < -0.39 is 11.6 Å². The molecule has 0 aliphatic rings. The Balaban J connectivity index is 1.82. The summed E-state index contributed by atoms with van der Waals surface area (Å²) < 4.78 is 15.2. The first kappa shape index (κ1) is 18.5. The van der Waals surface area contributed by atoms with E-state index in [2.05, 4.69) is 5.32 Å². The predicted molar refractivity (Wildman–Crippen MR) is 91.4 cm³/mol. The molecule has 0 saturated heterocycles. The van der Waals surface area contributed by atoms with Crippen molar-refractivity contribution in [3.63, 3.8) is 0 Å². The Morgan fingerprint density at radius 3 is 2.56 bits per heavy atom. The number of hydrogen-bond acceptors (Lipinski definition) is 6. The number of hydrogen-bond donors (Lipinski definition) is 1. The van der Waals surface area contributed by atoms with E-state index in [1.54, 1.807) is 18.2 Å².